The highest BCUT2D eigenvalue weighted by Crippen LogP contribution is 2.35. The highest BCUT2D eigenvalue weighted by molar-refractivity contribution is 5.97. The van der Waals surface area contributed by atoms with Crippen LogP contribution in [-0.2, 0) is 65.6 Å². The summed E-state index contributed by atoms with van der Waals surface area (Å²) in [7, 11) is 10.4. The number of likely N-dealkylation sites (tertiary alicyclic amines) is 2. The molecule has 5 rings (SSSR count). The van der Waals surface area contributed by atoms with Crippen molar-refractivity contribution in [3.63, 3.8) is 0 Å². The topological polar surface area (TPSA) is 282 Å². The maximum absolute atomic E-state index is 14.7. The Kier molecular flexibility index (Phi) is 34.6. The molecule has 22 nitrogen and oxygen atoms in total. The van der Waals surface area contributed by atoms with Gasteiger partial charge in [0.25, 0.3) is 0 Å². The third-order valence-corrected chi connectivity index (χ3v) is 21.3. The van der Waals surface area contributed by atoms with Crippen molar-refractivity contribution in [2.75, 3.05) is 80.5 Å². The molecular formula is C78H115F5N9O13+. The van der Waals surface area contributed by atoms with Gasteiger partial charge in [-0.1, -0.05) is 111 Å². The lowest BCUT2D eigenvalue weighted by Crippen LogP contribution is -2.54. The zero-order valence-electron chi connectivity index (χ0n) is 64.1. The molecule has 0 aliphatic carbocycles. The molecule has 6 N–H and O–H groups in total. The van der Waals surface area contributed by atoms with Crippen molar-refractivity contribution < 1.29 is 88.6 Å². The Balaban J connectivity index is 1.19. The number of rotatable bonds is 42. The van der Waals surface area contributed by atoms with Crippen LogP contribution < -0.4 is 31.7 Å². The number of ether oxygens (including phenoxy) is 3. The number of esters is 1. The van der Waals surface area contributed by atoms with E-state index in [1.165, 1.54) is 7.11 Å². The second kappa shape index (κ2) is 41.4. The Morgan fingerprint density at radius 2 is 1.29 bits per heavy atom. The maximum atomic E-state index is 14.7. The van der Waals surface area contributed by atoms with Gasteiger partial charge in [-0.05, 0) is 93.1 Å². The number of nitrogens with two attached hydrogens (primary N) is 1. The zero-order valence-corrected chi connectivity index (χ0v) is 64.1. The van der Waals surface area contributed by atoms with Crippen LogP contribution in [0.1, 0.15) is 157 Å². The van der Waals surface area contributed by atoms with Crippen molar-refractivity contribution >= 4 is 64.6 Å². The fourth-order valence-electron chi connectivity index (χ4n) is 14.9. The number of likely N-dealkylation sites (N-methyl/N-ethyl adjacent to an activating group) is 2. The Hall–Kier alpha value is -7.75. The van der Waals surface area contributed by atoms with E-state index in [1.54, 1.807) is 69.0 Å². The predicted octanol–water partition coefficient (Wildman–Crippen LogP) is 9.90. The maximum Gasteiger partial charge on any atom is 0.314 e. The molecule has 0 aromatic heterocycles. The molecule has 0 radical (unpaired) electrons. The molecule has 2 heterocycles. The molecule has 584 valence electrons. The van der Waals surface area contributed by atoms with Crippen LogP contribution in [0.3, 0.4) is 0 Å². The molecule has 0 saturated carbocycles. The van der Waals surface area contributed by atoms with E-state index in [4.69, 9.17) is 15.2 Å². The standard InChI is InChI=1S/C78H114F5N9O13/c1-16-48(8)71(90(12)76(100)56(45(2)3)42-60(95)70(47(6)7)89(10)11)61(103-14)43-63(97)91-35-21-26-57(91)72(104-15)49(9)58(93)41-54(39-50-23-18-17-19-24-50)74(98)86-44-51-28-30-55(31-29-51)87-75(99)53(25-20-34-85-78(84)102)40-59(94)69(46(4)5)88-62(96)27-22-36-92(13)37-32-52(33-38-92)77(101)105-73-67(82)65(80)64(79)66(81)68(73)83/h17-19,23-24,28-31,45-49,52-54,56-57,61,69-72H,16,20-22,25-27,32-44H2,1-15H3,(H5-,84,85,86,87,88,96,98,99,102)/p+1/t48-,49-,52?,53+,54+,56-,57-,61+,69-,70-,71-,72+,92?/m0/s1. The average Bonchev–Trinajstić information content (AvgIpc) is 1.11. The van der Waals surface area contributed by atoms with Gasteiger partial charge in [-0.3, -0.25) is 48.1 Å². The minimum absolute atomic E-state index is 0.000550. The lowest BCUT2D eigenvalue weighted by Gasteiger charge is -2.41. The summed E-state index contributed by atoms with van der Waals surface area (Å²) in [5.41, 5.74) is 7.19. The number of amides is 7. The van der Waals surface area contributed by atoms with Gasteiger partial charge in [-0.2, -0.15) is 8.78 Å². The van der Waals surface area contributed by atoms with Crippen LogP contribution in [0.4, 0.5) is 32.4 Å². The third-order valence-electron chi connectivity index (χ3n) is 21.3. The van der Waals surface area contributed by atoms with Crippen LogP contribution in [0.2, 0.25) is 0 Å². The molecule has 2 saturated heterocycles. The number of urea groups is 1. The number of carbonyl (C=O) groups is 10. The molecule has 3 aromatic carbocycles. The molecule has 2 fully saturated rings. The van der Waals surface area contributed by atoms with E-state index >= 15 is 0 Å². The number of primary amides is 1. The van der Waals surface area contributed by atoms with Crippen LogP contribution in [0.25, 0.3) is 0 Å². The summed E-state index contributed by atoms with van der Waals surface area (Å²) in [6, 6.07) is 13.0. The first-order chi connectivity index (χ1) is 49.5. The molecule has 27 heteroatoms. The normalized spacial score (nSPS) is 19.0. The quantitative estimate of drug-likeness (QED) is 0.00671. The molecule has 0 bridgehead atoms. The van der Waals surface area contributed by atoms with Gasteiger partial charge in [-0.15, -0.1) is 0 Å². The van der Waals surface area contributed by atoms with Crippen LogP contribution in [0.15, 0.2) is 54.6 Å². The number of benzene rings is 3. The summed E-state index contributed by atoms with van der Waals surface area (Å²) in [4.78, 5) is 143. The predicted molar refractivity (Wildman–Crippen MR) is 388 cm³/mol. The molecule has 0 spiro atoms. The minimum Gasteiger partial charge on any atom is -0.420 e. The van der Waals surface area contributed by atoms with Crippen LogP contribution in [0.5, 0.6) is 5.75 Å². The molecule has 11 atom stereocenters. The van der Waals surface area contributed by atoms with Gasteiger partial charge in [0.1, 0.15) is 5.78 Å². The summed E-state index contributed by atoms with van der Waals surface area (Å²) in [6.07, 6.45) is 1.53. The van der Waals surface area contributed by atoms with E-state index < -0.39 is 124 Å². The fourth-order valence-corrected chi connectivity index (χ4v) is 14.9. The van der Waals surface area contributed by atoms with Gasteiger partial charge >= 0.3 is 12.0 Å². The van der Waals surface area contributed by atoms with Crippen molar-refractivity contribution in [1.29, 1.82) is 0 Å². The monoisotopic (exact) mass is 1480 g/mol. The van der Waals surface area contributed by atoms with E-state index in [2.05, 4.69) is 26.0 Å². The van der Waals surface area contributed by atoms with E-state index in [0.717, 1.165) is 5.56 Å². The number of halogens is 5. The smallest absolute Gasteiger partial charge is 0.314 e. The Morgan fingerprint density at radius 3 is 1.84 bits per heavy atom. The summed E-state index contributed by atoms with van der Waals surface area (Å²) in [5.74, 6) is -20.9. The number of quaternary nitrogens is 1. The van der Waals surface area contributed by atoms with Crippen molar-refractivity contribution in [1.82, 2.24) is 30.7 Å². The Labute approximate surface area is 616 Å². The van der Waals surface area contributed by atoms with E-state index in [9.17, 15) is 69.9 Å². The molecule has 2 aliphatic rings. The third kappa shape index (κ3) is 24.9. The average molecular weight is 1480 g/mol. The number of hydrogen-bond acceptors (Lipinski definition) is 14. The summed E-state index contributed by atoms with van der Waals surface area (Å²) >= 11 is 0. The van der Waals surface area contributed by atoms with Gasteiger partial charge in [-0.25, -0.2) is 18.0 Å². The molecule has 0 unspecified atom stereocenters. The Bertz CT molecular complexity index is 3390. The first kappa shape index (κ1) is 87.9. The number of ketones is 3. The number of Topliss-reactive ketones (excluding diaryl/α,β-unsaturated/α-hetero) is 3. The Morgan fingerprint density at radius 1 is 0.676 bits per heavy atom. The van der Waals surface area contributed by atoms with Gasteiger partial charge in [0.15, 0.2) is 11.6 Å². The van der Waals surface area contributed by atoms with E-state index in [-0.39, 0.29) is 136 Å². The van der Waals surface area contributed by atoms with Gasteiger partial charge in [0, 0.05) is 115 Å². The van der Waals surface area contributed by atoms with Gasteiger partial charge in [0.2, 0.25) is 64.4 Å². The largest absolute Gasteiger partial charge is 0.420 e. The number of nitrogens with zero attached hydrogens (tertiary/aromatic N) is 4. The van der Waals surface area contributed by atoms with E-state index in [1.807, 2.05) is 97.9 Å². The second-order valence-electron chi connectivity index (χ2n) is 30.3. The number of hydrogen-bond donors (Lipinski definition) is 5. The van der Waals surface area contributed by atoms with Crippen molar-refractivity contribution in [2.24, 2.45) is 59.0 Å². The highest BCUT2D eigenvalue weighted by atomic mass is 19.2. The first-order valence-electron chi connectivity index (χ1n) is 37.0. The van der Waals surface area contributed by atoms with Crippen LogP contribution >= 0.6 is 0 Å². The minimum atomic E-state index is -2.38. The van der Waals surface area contributed by atoms with E-state index in [0.29, 0.717) is 67.6 Å². The molecular weight excluding hydrogens is 1370 g/mol. The van der Waals surface area contributed by atoms with Crippen molar-refractivity contribution in [3.05, 3.63) is 94.8 Å². The SMILES string of the molecule is CC[C@H](C)[C@@H]([C@@H](CC(=O)N1CCC[C@H]1[C@H](OC)[C@@H](C)C(=O)C[C@@H](Cc1ccccc1)C(=O)NCc1ccc(NC(=O)[C@H](CCCNC(N)=O)CC(=O)[C@@H](NC(=O)CCC[N+]2(C)CCC(C(=O)Oc3c(F)c(F)c(F)c(F)c3F)CC2)C(C)C)cc1)OC)N(C)C(=O)[C@@H](CC(=O)[C@H](C(C)C)N(C)C)C(C)C. The lowest BCUT2D eigenvalue weighted by atomic mass is 9.83. The summed E-state index contributed by atoms with van der Waals surface area (Å²) < 4.78 is 86.9. The van der Waals surface area contributed by atoms with Gasteiger partial charge < -0.3 is 55.5 Å². The molecule has 2 aliphatic heterocycles. The lowest BCUT2D eigenvalue weighted by molar-refractivity contribution is -0.915. The number of methoxy groups -OCH3 is 2. The van der Waals surface area contributed by atoms with Crippen LogP contribution in [0, 0.1) is 82.3 Å². The van der Waals surface area contributed by atoms with Gasteiger partial charge in [0.05, 0.1) is 75.4 Å². The fraction of sp³-hybridized carbons (Fsp3) is 0.641. The number of nitrogens with one attached hydrogen (secondary N) is 4. The number of anilines is 1. The zero-order chi connectivity index (χ0) is 78.3. The highest BCUT2D eigenvalue weighted by Gasteiger charge is 2.45. The molecule has 3 aromatic rings. The molecule has 7 amide bonds. The van der Waals surface area contributed by atoms with Crippen LogP contribution in [-0.4, -0.2) is 190 Å². The summed E-state index contributed by atoms with van der Waals surface area (Å²) in [6.45, 7) is 19.0. The molecule has 105 heavy (non-hydrogen) atoms. The number of piperidine rings is 1. The van der Waals surface area contributed by atoms with Crippen molar-refractivity contribution in [3.8, 4) is 5.75 Å². The first-order valence-corrected chi connectivity index (χ1v) is 37.0. The van der Waals surface area contributed by atoms with Crippen molar-refractivity contribution in [2.45, 2.75) is 195 Å². The summed E-state index contributed by atoms with van der Waals surface area (Å²) in [5, 5.41) is 11.2. The second-order valence-corrected chi connectivity index (χ2v) is 30.3. The number of carbonyl (C=O) groups excluding carboxylic acids is 10.